The SMILES string of the molecule is CC(C)(C)c1nc(C(O)c2cccc3ncccc23)cs1. The lowest BCUT2D eigenvalue weighted by molar-refractivity contribution is 0.217. The van der Waals surface area contributed by atoms with Gasteiger partial charge in [0.25, 0.3) is 0 Å². The van der Waals surface area contributed by atoms with Gasteiger partial charge in [0.1, 0.15) is 6.10 Å². The van der Waals surface area contributed by atoms with Gasteiger partial charge in [-0.2, -0.15) is 0 Å². The van der Waals surface area contributed by atoms with Crippen molar-refractivity contribution < 1.29 is 5.11 Å². The summed E-state index contributed by atoms with van der Waals surface area (Å²) in [6.07, 6.45) is 1.05. The van der Waals surface area contributed by atoms with Gasteiger partial charge in [0.05, 0.1) is 16.2 Å². The summed E-state index contributed by atoms with van der Waals surface area (Å²) in [5.41, 5.74) is 2.45. The molecule has 1 N–H and O–H groups in total. The first-order valence-electron chi connectivity index (χ1n) is 6.94. The highest BCUT2D eigenvalue weighted by atomic mass is 32.1. The molecule has 0 saturated carbocycles. The molecule has 0 aliphatic carbocycles. The van der Waals surface area contributed by atoms with Crippen molar-refractivity contribution in [1.82, 2.24) is 9.97 Å². The molecule has 1 unspecified atom stereocenters. The van der Waals surface area contributed by atoms with Gasteiger partial charge in [0.15, 0.2) is 0 Å². The molecule has 3 aromatic rings. The van der Waals surface area contributed by atoms with Crippen molar-refractivity contribution >= 4 is 22.2 Å². The van der Waals surface area contributed by atoms with Crippen LogP contribution in [0.4, 0.5) is 0 Å². The van der Waals surface area contributed by atoms with Gasteiger partial charge in [0.2, 0.25) is 0 Å². The van der Waals surface area contributed by atoms with Crippen LogP contribution in [-0.2, 0) is 5.41 Å². The van der Waals surface area contributed by atoms with Gasteiger partial charge in [-0.15, -0.1) is 11.3 Å². The summed E-state index contributed by atoms with van der Waals surface area (Å²) < 4.78 is 0. The van der Waals surface area contributed by atoms with Gasteiger partial charge in [-0.3, -0.25) is 4.98 Å². The lowest BCUT2D eigenvalue weighted by Gasteiger charge is -2.14. The van der Waals surface area contributed by atoms with E-state index in [1.165, 1.54) is 0 Å². The first kappa shape index (κ1) is 14.2. The quantitative estimate of drug-likeness (QED) is 0.775. The van der Waals surface area contributed by atoms with E-state index in [9.17, 15) is 5.11 Å². The Bertz CT molecular complexity index is 768. The minimum atomic E-state index is -0.717. The van der Waals surface area contributed by atoms with Crippen molar-refractivity contribution in [2.45, 2.75) is 32.3 Å². The van der Waals surface area contributed by atoms with E-state index in [1.54, 1.807) is 17.5 Å². The van der Waals surface area contributed by atoms with Gasteiger partial charge in [-0.25, -0.2) is 4.98 Å². The predicted octanol–water partition coefficient (Wildman–Crippen LogP) is 4.07. The van der Waals surface area contributed by atoms with Crippen LogP contribution in [-0.4, -0.2) is 15.1 Å². The molecule has 108 valence electrons. The number of pyridine rings is 1. The van der Waals surface area contributed by atoms with Crippen LogP contribution in [0, 0.1) is 0 Å². The number of aromatic nitrogens is 2. The van der Waals surface area contributed by atoms with Crippen molar-refractivity contribution in [3.8, 4) is 0 Å². The Hall–Kier alpha value is -1.78. The summed E-state index contributed by atoms with van der Waals surface area (Å²) >= 11 is 1.60. The highest BCUT2D eigenvalue weighted by Gasteiger charge is 2.22. The second kappa shape index (κ2) is 5.20. The second-order valence-corrected chi connectivity index (χ2v) is 7.01. The van der Waals surface area contributed by atoms with Crippen LogP contribution < -0.4 is 0 Å². The molecule has 0 aliphatic heterocycles. The molecule has 3 rings (SSSR count). The number of thiazole rings is 1. The van der Waals surface area contributed by atoms with Crippen molar-refractivity contribution in [2.75, 3.05) is 0 Å². The van der Waals surface area contributed by atoms with E-state index >= 15 is 0 Å². The molecule has 2 aromatic heterocycles. The molecular weight excluding hydrogens is 280 g/mol. The number of hydrogen-bond donors (Lipinski definition) is 1. The number of benzene rings is 1. The first-order valence-corrected chi connectivity index (χ1v) is 7.82. The average molecular weight is 298 g/mol. The molecule has 0 radical (unpaired) electrons. The molecule has 0 fully saturated rings. The molecular formula is C17H18N2OS. The van der Waals surface area contributed by atoms with E-state index in [2.05, 4.69) is 30.7 Å². The Kier molecular flexibility index (Phi) is 3.51. The van der Waals surface area contributed by atoms with Crippen LogP contribution in [0.15, 0.2) is 41.9 Å². The smallest absolute Gasteiger partial charge is 0.122 e. The summed E-state index contributed by atoms with van der Waals surface area (Å²) in [6.45, 7) is 6.39. The van der Waals surface area contributed by atoms with Crippen LogP contribution in [0.25, 0.3) is 10.9 Å². The second-order valence-electron chi connectivity index (χ2n) is 6.15. The summed E-state index contributed by atoms with van der Waals surface area (Å²) in [7, 11) is 0. The highest BCUT2D eigenvalue weighted by Crippen LogP contribution is 2.32. The molecule has 21 heavy (non-hydrogen) atoms. The maximum absolute atomic E-state index is 10.7. The molecule has 1 aromatic carbocycles. The minimum absolute atomic E-state index is 0.00292. The first-order chi connectivity index (χ1) is 9.97. The Morgan fingerprint density at radius 1 is 1.14 bits per heavy atom. The molecule has 0 aliphatic rings. The molecule has 0 amide bonds. The van der Waals surface area contributed by atoms with E-state index in [-0.39, 0.29) is 5.41 Å². The van der Waals surface area contributed by atoms with Crippen molar-refractivity contribution in [1.29, 1.82) is 0 Å². The number of hydrogen-bond acceptors (Lipinski definition) is 4. The number of aliphatic hydroxyl groups excluding tert-OH is 1. The number of aliphatic hydroxyl groups is 1. The minimum Gasteiger partial charge on any atom is -0.382 e. The third kappa shape index (κ3) is 2.69. The largest absolute Gasteiger partial charge is 0.382 e. The molecule has 1 atom stereocenters. The third-order valence-electron chi connectivity index (χ3n) is 3.42. The summed E-state index contributed by atoms with van der Waals surface area (Å²) in [4.78, 5) is 8.95. The van der Waals surface area contributed by atoms with E-state index in [0.29, 0.717) is 5.69 Å². The summed E-state index contributed by atoms with van der Waals surface area (Å²) in [5, 5.41) is 14.6. The van der Waals surface area contributed by atoms with E-state index < -0.39 is 6.10 Å². The maximum Gasteiger partial charge on any atom is 0.122 e. The normalized spacial score (nSPS) is 13.5. The lowest BCUT2D eigenvalue weighted by Crippen LogP contribution is -2.11. The monoisotopic (exact) mass is 298 g/mol. The zero-order valence-corrected chi connectivity index (χ0v) is 13.2. The summed E-state index contributed by atoms with van der Waals surface area (Å²) in [5.74, 6) is 0. The van der Waals surface area contributed by atoms with E-state index in [1.807, 2.05) is 35.7 Å². The molecule has 0 bridgehead atoms. The topological polar surface area (TPSA) is 46.0 Å². The Labute approximate surface area is 128 Å². The number of rotatable bonds is 2. The lowest BCUT2D eigenvalue weighted by atomic mass is 9.98. The van der Waals surface area contributed by atoms with Crippen LogP contribution in [0.1, 0.15) is 43.1 Å². The zero-order valence-electron chi connectivity index (χ0n) is 12.4. The average Bonchev–Trinajstić information content (AvgIpc) is 2.96. The molecule has 2 heterocycles. The molecule has 0 spiro atoms. The third-order valence-corrected chi connectivity index (χ3v) is 4.70. The Morgan fingerprint density at radius 2 is 1.95 bits per heavy atom. The maximum atomic E-state index is 10.7. The van der Waals surface area contributed by atoms with Gasteiger partial charge in [-0.05, 0) is 17.7 Å². The Morgan fingerprint density at radius 3 is 2.67 bits per heavy atom. The number of fused-ring (bicyclic) bond motifs is 1. The molecule has 0 saturated heterocycles. The standard InChI is InChI=1S/C17H18N2OS/c1-17(2,3)16-19-14(10-21-16)15(20)12-6-4-8-13-11(12)7-5-9-18-13/h4-10,15,20H,1-3H3. The van der Waals surface area contributed by atoms with Crippen LogP contribution >= 0.6 is 11.3 Å². The van der Waals surface area contributed by atoms with Crippen LogP contribution in [0.5, 0.6) is 0 Å². The molecule has 4 heteroatoms. The van der Waals surface area contributed by atoms with E-state index in [0.717, 1.165) is 21.5 Å². The van der Waals surface area contributed by atoms with Crippen molar-refractivity contribution in [3.63, 3.8) is 0 Å². The van der Waals surface area contributed by atoms with Crippen LogP contribution in [0.3, 0.4) is 0 Å². The fourth-order valence-corrected chi connectivity index (χ4v) is 3.21. The predicted molar refractivity (Wildman–Crippen MR) is 86.6 cm³/mol. The fraction of sp³-hybridized carbons (Fsp3) is 0.294. The molecule has 3 nitrogen and oxygen atoms in total. The Balaban J connectivity index is 2.05. The van der Waals surface area contributed by atoms with Gasteiger partial charge < -0.3 is 5.11 Å². The van der Waals surface area contributed by atoms with Gasteiger partial charge in [0, 0.05) is 22.4 Å². The van der Waals surface area contributed by atoms with Crippen LogP contribution in [0.2, 0.25) is 0 Å². The van der Waals surface area contributed by atoms with Gasteiger partial charge in [-0.1, -0.05) is 39.0 Å². The summed E-state index contributed by atoms with van der Waals surface area (Å²) in [6, 6.07) is 9.68. The fourth-order valence-electron chi connectivity index (χ4n) is 2.28. The zero-order chi connectivity index (χ0) is 15.0. The highest BCUT2D eigenvalue weighted by molar-refractivity contribution is 7.09. The van der Waals surface area contributed by atoms with Gasteiger partial charge >= 0.3 is 0 Å². The van der Waals surface area contributed by atoms with Crippen molar-refractivity contribution in [3.05, 3.63) is 58.2 Å². The van der Waals surface area contributed by atoms with Crippen molar-refractivity contribution in [2.24, 2.45) is 0 Å². The number of nitrogens with zero attached hydrogens (tertiary/aromatic N) is 2. The van der Waals surface area contributed by atoms with E-state index in [4.69, 9.17) is 0 Å².